The number of azo groups is 1. The van der Waals surface area contributed by atoms with Gasteiger partial charge in [0.05, 0.1) is 16.8 Å². The van der Waals surface area contributed by atoms with Crippen molar-refractivity contribution in [3.8, 4) is 6.07 Å². The van der Waals surface area contributed by atoms with Gasteiger partial charge in [0, 0.05) is 11.3 Å². The third-order valence-electron chi connectivity index (χ3n) is 4.11. The fourth-order valence-electron chi connectivity index (χ4n) is 2.66. The summed E-state index contributed by atoms with van der Waals surface area (Å²) in [6.45, 7) is 1.52. The molecular weight excluding hydrogens is 400 g/mol. The summed E-state index contributed by atoms with van der Waals surface area (Å²) in [5.74, 6) is -1.01. The molecule has 0 amide bonds. The van der Waals surface area contributed by atoms with E-state index in [0.717, 1.165) is 12.1 Å². The van der Waals surface area contributed by atoms with Crippen LogP contribution in [0.25, 0.3) is 0 Å². The molecule has 0 bridgehead atoms. The van der Waals surface area contributed by atoms with Gasteiger partial charge in [0.1, 0.15) is 17.6 Å². The number of nitriles is 1. The smallest absolute Gasteiger partial charge is 0.382 e. The van der Waals surface area contributed by atoms with Crippen molar-refractivity contribution in [1.82, 2.24) is 4.98 Å². The van der Waals surface area contributed by atoms with Gasteiger partial charge < -0.3 is 11.1 Å². The lowest BCUT2D eigenvalue weighted by Gasteiger charge is -2.13. The van der Waals surface area contributed by atoms with E-state index in [1.54, 1.807) is 24.3 Å². The number of hydrogen-bond acceptors (Lipinski definition) is 6. The Hall–Kier alpha value is -4.00. The summed E-state index contributed by atoms with van der Waals surface area (Å²) >= 11 is 0. The SMILES string of the molecule is Cc1c(C#N)c(Nc2ccccc2)nc(N)c1N=Nc1ccc(F)cc1C(F)(F)F. The minimum atomic E-state index is -4.82. The maximum atomic E-state index is 13.2. The molecule has 0 saturated carbocycles. The van der Waals surface area contributed by atoms with Crippen LogP contribution in [0.5, 0.6) is 0 Å². The zero-order valence-electron chi connectivity index (χ0n) is 15.5. The molecule has 152 valence electrons. The average Bonchev–Trinajstić information content (AvgIpc) is 2.69. The molecule has 0 atom stereocenters. The topological polar surface area (TPSA) is 99.5 Å². The summed E-state index contributed by atoms with van der Waals surface area (Å²) in [6, 6.07) is 12.9. The fraction of sp³-hybridized carbons (Fsp3) is 0.100. The van der Waals surface area contributed by atoms with Crippen LogP contribution in [-0.2, 0) is 6.18 Å². The van der Waals surface area contributed by atoms with Crippen molar-refractivity contribution in [3.05, 3.63) is 71.0 Å². The third kappa shape index (κ3) is 4.35. The van der Waals surface area contributed by atoms with Gasteiger partial charge in [-0.1, -0.05) is 18.2 Å². The second kappa shape index (κ2) is 8.16. The highest BCUT2D eigenvalue weighted by Gasteiger charge is 2.34. The number of rotatable bonds is 4. The van der Waals surface area contributed by atoms with Gasteiger partial charge in [-0.15, -0.1) is 10.2 Å². The lowest BCUT2D eigenvalue weighted by Crippen LogP contribution is -2.05. The first kappa shape index (κ1) is 20.7. The number of aromatic nitrogens is 1. The van der Waals surface area contributed by atoms with Crippen molar-refractivity contribution in [2.45, 2.75) is 13.1 Å². The molecule has 1 heterocycles. The van der Waals surface area contributed by atoms with Crippen LogP contribution in [0.15, 0.2) is 58.8 Å². The van der Waals surface area contributed by atoms with Gasteiger partial charge in [-0.2, -0.15) is 18.4 Å². The lowest BCUT2D eigenvalue weighted by molar-refractivity contribution is -0.137. The number of benzene rings is 2. The first-order valence-corrected chi connectivity index (χ1v) is 8.51. The van der Waals surface area contributed by atoms with Crippen molar-refractivity contribution in [3.63, 3.8) is 0 Å². The van der Waals surface area contributed by atoms with Crippen LogP contribution < -0.4 is 11.1 Å². The Labute approximate surface area is 168 Å². The molecule has 3 N–H and O–H groups in total. The van der Waals surface area contributed by atoms with Crippen molar-refractivity contribution in [2.24, 2.45) is 10.2 Å². The average molecular weight is 414 g/mol. The highest BCUT2D eigenvalue weighted by Crippen LogP contribution is 2.39. The van der Waals surface area contributed by atoms with Crippen LogP contribution in [0.2, 0.25) is 0 Å². The quantitative estimate of drug-likeness (QED) is 0.394. The van der Waals surface area contributed by atoms with Gasteiger partial charge in [-0.25, -0.2) is 9.37 Å². The van der Waals surface area contributed by atoms with Crippen molar-refractivity contribution in [2.75, 3.05) is 11.1 Å². The first-order chi connectivity index (χ1) is 14.2. The van der Waals surface area contributed by atoms with Crippen molar-refractivity contribution < 1.29 is 17.6 Å². The molecular formula is C20H14F4N6. The highest BCUT2D eigenvalue weighted by molar-refractivity contribution is 5.75. The zero-order chi connectivity index (χ0) is 21.9. The van der Waals surface area contributed by atoms with Crippen LogP contribution in [0.4, 0.5) is 46.3 Å². The summed E-state index contributed by atoms with van der Waals surface area (Å²) in [7, 11) is 0. The molecule has 3 aromatic rings. The van der Waals surface area contributed by atoms with Crippen LogP contribution in [0, 0.1) is 24.1 Å². The maximum absolute atomic E-state index is 13.2. The van der Waals surface area contributed by atoms with Crippen molar-refractivity contribution in [1.29, 1.82) is 5.26 Å². The molecule has 0 saturated heterocycles. The third-order valence-corrected chi connectivity index (χ3v) is 4.11. The Morgan fingerprint density at radius 2 is 1.80 bits per heavy atom. The number of hydrogen-bond donors (Lipinski definition) is 2. The molecule has 0 aliphatic heterocycles. The molecule has 30 heavy (non-hydrogen) atoms. The number of nitrogen functional groups attached to an aromatic ring is 1. The monoisotopic (exact) mass is 414 g/mol. The summed E-state index contributed by atoms with van der Waals surface area (Å²) in [4.78, 5) is 4.11. The van der Waals surface area contributed by atoms with Crippen LogP contribution in [0.3, 0.4) is 0 Å². The van der Waals surface area contributed by atoms with Gasteiger partial charge in [0.25, 0.3) is 0 Å². The molecule has 0 radical (unpaired) electrons. The molecule has 0 unspecified atom stereocenters. The Balaban J connectivity index is 2.03. The molecule has 0 spiro atoms. The van der Waals surface area contributed by atoms with Gasteiger partial charge in [-0.05, 0) is 37.3 Å². The molecule has 10 heteroatoms. The van der Waals surface area contributed by atoms with E-state index in [2.05, 4.69) is 20.5 Å². The van der Waals surface area contributed by atoms with Gasteiger partial charge in [-0.3, -0.25) is 0 Å². The number of nitrogens with zero attached hydrogens (tertiary/aromatic N) is 4. The Morgan fingerprint density at radius 1 is 1.10 bits per heavy atom. The van der Waals surface area contributed by atoms with Gasteiger partial charge >= 0.3 is 6.18 Å². The number of alkyl halides is 3. The fourth-order valence-corrected chi connectivity index (χ4v) is 2.66. The van der Waals surface area contributed by atoms with Crippen LogP contribution in [0.1, 0.15) is 16.7 Å². The van der Waals surface area contributed by atoms with Crippen molar-refractivity contribution >= 4 is 28.7 Å². The second-order valence-corrected chi connectivity index (χ2v) is 6.16. The summed E-state index contributed by atoms with van der Waals surface area (Å²) in [6.07, 6.45) is -4.82. The Morgan fingerprint density at radius 3 is 2.43 bits per heavy atom. The van der Waals surface area contributed by atoms with E-state index in [0.29, 0.717) is 11.8 Å². The van der Waals surface area contributed by atoms with E-state index in [9.17, 15) is 22.8 Å². The predicted octanol–water partition coefficient (Wildman–Crippen LogP) is 6.16. The molecule has 2 aromatic carbocycles. The summed E-state index contributed by atoms with van der Waals surface area (Å²) < 4.78 is 52.6. The number of nitrogens with two attached hydrogens (primary N) is 1. The lowest BCUT2D eigenvalue weighted by atomic mass is 10.1. The first-order valence-electron chi connectivity index (χ1n) is 8.51. The number of anilines is 3. The summed E-state index contributed by atoms with van der Waals surface area (Å²) in [5.41, 5.74) is 5.04. The highest BCUT2D eigenvalue weighted by atomic mass is 19.4. The van der Waals surface area contributed by atoms with Crippen LogP contribution >= 0.6 is 0 Å². The molecule has 6 nitrogen and oxygen atoms in total. The normalized spacial score (nSPS) is 11.5. The van der Waals surface area contributed by atoms with E-state index in [4.69, 9.17) is 5.73 Å². The van der Waals surface area contributed by atoms with Gasteiger partial charge in [0.15, 0.2) is 11.6 Å². The number of nitrogens with one attached hydrogen (secondary N) is 1. The number of pyridine rings is 1. The Bertz CT molecular complexity index is 1150. The van der Waals surface area contributed by atoms with E-state index in [-0.39, 0.29) is 28.5 Å². The number of halogens is 4. The predicted molar refractivity (Wildman–Crippen MR) is 103 cm³/mol. The molecule has 0 fully saturated rings. The van der Waals surface area contributed by atoms with Crippen LogP contribution in [-0.4, -0.2) is 4.98 Å². The molecule has 0 aliphatic carbocycles. The summed E-state index contributed by atoms with van der Waals surface area (Å²) in [5, 5.41) is 19.8. The second-order valence-electron chi connectivity index (χ2n) is 6.16. The standard InChI is InChI=1S/C20H14F4N6/c1-11-14(10-25)19(27-13-5-3-2-4-6-13)28-18(26)17(11)30-29-16-8-7-12(21)9-15(16)20(22,23)24/h2-9H,1H3,(H3,26,27,28). The zero-order valence-corrected chi connectivity index (χ0v) is 15.5. The Kier molecular flexibility index (Phi) is 5.64. The molecule has 0 aliphatic rings. The largest absolute Gasteiger partial charge is 0.418 e. The minimum absolute atomic E-state index is 0.0531. The molecule has 3 rings (SSSR count). The van der Waals surface area contributed by atoms with E-state index in [1.807, 2.05) is 12.1 Å². The van der Waals surface area contributed by atoms with E-state index >= 15 is 0 Å². The van der Waals surface area contributed by atoms with E-state index in [1.165, 1.54) is 6.92 Å². The van der Waals surface area contributed by atoms with E-state index < -0.39 is 23.2 Å². The van der Waals surface area contributed by atoms with Gasteiger partial charge in [0.2, 0.25) is 0 Å². The molecule has 1 aromatic heterocycles. The minimum Gasteiger partial charge on any atom is -0.382 e. The number of para-hydroxylation sites is 1. The maximum Gasteiger partial charge on any atom is 0.418 e.